The van der Waals surface area contributed by atoms with E-state index in [1.54, 1.807) is 42.2 Å². The number of nitrogens with zero attached hydrogens (tertiary/aromatic N) is 1. The number of nitrogens with one attached hydrogen (secondary N) is 2. The molecule has 0 bridgehead atoms. The van der Waals surface area contributed by atoms with Gasteiger partial charge >= 0.3 is 5.97 Å². The van der Waals surface area contributed by atoms with Gasteiger partial charge in [-0.25, -0.2) is 13.2 Å². The van der Waals surface area contributed by atoms with E-state index in [1.807, 2.05) is 30.3 Å². The third kappa shape index (κ3) is 7.45. The Morgan fingerprint density at radius 1 is 1.05 bits per heavy atom. The average Bonchev–Trinajstić information content (AvgIpc) is 3.32. The number of rotatable bonds is 9. The van der Waals surface area contributed by atoms with E-state index in [0.717, 1.165) is 29.5 Å². The highest BCUT2D eigenvalue weighted by atomic mass is 32.2. The molecule has 0 saturated carbocycles. The van der Waals surface area contributed by atoms with Crippen LogP contribution < -0.4 is 10.0 Å². The molecule has 1 aliphatic rings. The largest absolute Gasteiger partial charge is 0.462 e. The molecule has 1 atom stereocenters. The van der Waals surface area contributed by atoms with E-state index in [1.165, 1.54) is 11.3 Å². The second kappa shape index (κ2) is 12.4. The van der Waals surface area contributed by atoms with E-state index in [0.29, 0.717) is 29.2 Å². The number of amides is 2. The van der Waals surface area contributed by atoms with Gasteiger partial charge in [-0.05, 0) is 55.5 Å². The van der Waals surface area contributed by atoms with E-state index in [4.69, 9.17) is 4.74 Å². The van der Waals surface area contributed by atoms with Crippen LogP contribution in [0.4, 0.5) is 10.7 Å². The van der Waals surface area contributed by atoms with E-state index < -0.39 is 22.0 Å². The van der Waals surface area contributed by atoms with Crippen molar-refractivity contribution in [2.45, 2.75) is 38.6 Å². The van der Waals surface area contributed by atoms with Gasteiger partial charge < -0.3 is 15.0 Å². The van der Waals surface area contributed by atoms with E-state index >= 15 is 0 Å². The minimum absolute atomic E-state index is 0.0221. The lowest BCUT2D eigenvalue weighted by Crippen LogP contribution is -2.50. The maximum absolute atomic E-state index is 13.5. The Bertz CT molecular complexity index is 1450. The molecule has 0 radical (unpaired) electrons. The highest BCUT2D eigenvalue weighted by Gasteiger charge is 2.33. The van der Waals surface area contributed by atoms with Crippen LogP contribution in [0.5, 0.6) is 0 Å². The topological polar surface area (TPSA) is 122 Å². The van der Waals surface area contributed by atoms with Gasteiger partial charge in [0.25, 0.3) is 0 Å². The van der Waals surface area contributed by atoms with Crippen molar-refractivity contribution in [3.05, 3.63) is 71.8 Å². The number of ether oxygens (including phenoxy) is 1. The smallest absolute Gasteiger partial charge is 0.341 e. The quantitative estimate of drug-likeness (QED) is 0.365. The van der Waals surface area contributed by atoms with Crippen molar-refractivity contribution in [1.29, 1.82) is 0 Å². The molecule has 39 heavy (non-hydrogen) atoms. The van der Waals surface area contributed by atoms with Crippen LogP contribution in [-0.2, 0) is 30.8 Å². The second-order valence-corrected chi connectivity index (χ2v) is 12.1. The standard InChI is InChI=1S/C28H31N3O6S2/c1-3-37-28(34)22-18-24(20-11-5-4-6-12-20)38-27(22)29-26(33)23-14-7-8-15-31(23)25(32)17-19-10-9-13-21(16-19)30-39(2,35)36/h4-6,9-13,16,18,23,30H,3,7-8,14-15,17H2,1-2H3,(H,29,33). The first-order valence-corrected chi connectivity index (χ1v) is 15.4. The predicted octanol–water partition coefficient (Wildman–Crippen LogP) is 4.53. The number of piperidine rings is 1. The Morgan fingerprint density at radius 2 is 1.82 bits per heavy atom. The molecular formula is C28H31N3O6S2. The van der Waals surface area contributed by atoms with Crippen molar-refractivity contribution < 1.29 is 27.5 Å². The first kappa shape index (κ1) is 28.3. The fourth-order valence-electron chi connectivity index (χ4n) is 4.52. The molecule has 0 spiro atoms. The molecule has 1 aliphatic heterocycles. The van der Waals surface area contributed by atoms with Crippen LogP contribution in [0, 0.1) is 0 Å². The fourth-order valence-corrected chi connectivity index (χ4v) is 6.13. The molecular weight excluding hydrogens is 538 g/mol. The van der Waals surface area contributed by atoms with E-state index in [2.05, 4.69) is 10.0 Å². The first-order valence-electron chi connectivity index (χ1n) is 12.7. The summed E-state index contributed by atoms with van der Waals surface area (Å²) in [5.41, 5.74) is 2.19. The first-order chi connectivity index (χ1) is 18.6. The molecule has 2 heterocycles. The summed E-state index contributed by atoms with van der Waals surface area (Å²) in [6.45, 7) is 2.36. The van der Waals surface area contributed by atoms with Gasteiger partial charge in [0.15, 0.2) is 0 Å². The molecule has 1 aromatic heterocycles. The Balaban J connectivity index is 1.53. The van der Waals surface area contributed by atoms with E-state index in [9.17, 15) is 22.8 Å². The number of thiophene rings is 1. The van der Waals surface area contributed by atoms with Gasteiger partial charge in [-0.2, -0.15) is 0 Å². The van der Waals surface area contributed by atoms with Gasteiger partial charge in [0.2, 0.25) is 21.8 Å². The zero-order valence-electron chi connectivity index (χ0n) is 21.8. The van der Waals surface area contributed by atoms with Crippen LogP contribution >= 0.6 is 11.3 Å². The lowest BCUT2D eigenvalue weighted by atomic mass is 10.00. The number of hydrogen-bond acceptors (Lipinski definition) is 7. The summed E-state index contributed by atoms with van der Waals surface area (Å²) in [6, 6.07) is 17.2. The summed E-state index contributed by atoms with van der Waals surface area (Å²) < 4.78 is 30.8. The normalized spacial score (nSPS) is 15.4. The van der Waals surface area contributed by atoms with Gasteiger partial charge in [-0.1, -0.05) is 42.5 Å². The van der Waals surface area contributed by atoms with Crippen molar-refractivity contribution in [2.24, 2.45) is 0 Å². The number of likely N-dealkylation sites (tertiary alicyclic amines) is 1. The Hall–Kier alpha value is -3.70. The number of sulfonamides is 1. The minimum atomic E-state index is -3.45. The Labute approximate surface area is 232 Å². The molecule has 9 nitrogen and oxygen atoms in total. The van der Waals surface area contributed by atoms with E-state index in [-0.39, 0.29) is 30.4 Å². The van der Waals surface area contributed by atoms with Gasteiger partial charge in [-0.15, -0.1) is 11.3 Å². The van der Waals surface area contributed by atoms with Crippen molar-refractivity contribution in [1.82, 2.24) is 4.90 Å². The van der Waals surface area contributed by atoms with Crippen LogP contribution in [0.3, 0.4) is 0 Å². The third-order valence-electron chi connectivity index (χ3n) is 6.23. The number of benzene rings is 2. The molecule has 2 aromatic carbocycles. The predicted molar refractivity (Wildman–Crippen MR) is 152 cm³/mol. The minimum Gasteiger partial charge on any atom is -0.462 e. The average molecular weight is 570 g/mol. The van der Waals surface area contributed by atoms with Crippen LogP contribution in [-0.4, -0.2) is 56.6 Å². The van der Waals surface area contributed by atoms with Gasteiger partial charge in [-0.3, -0.25) is 14.3 Å². The zero-order chi connectivity index (χ0) is 28.0. The summed E-state index contributed by atoms with van der Waals surface area (Å²) in [5.74, 6) is -1.11. The molecule has 2 amide bonds. The zero-order valence-corrected chi connectivity index (χ0v) is 23.4. The molecule has 1 fully saturated rings. The highest BCUT2D eigenvalue weighted by molar-refractivity contribution is 7.92. The molecule has 4 rings (SSSR count). The SMILES string of the molecule is CCOC(=O)c1cc(-c2ccccc2)sc1NC(=O)C1CCCCN1C(=O)Cc1cccc(NS(C)(=O)=O)c1. The molecule has 1 unspecified atom stereocenters. The van der Waals surface area contributed by atoms with Gasteiger partial charge in [0.1, 0.15) is 11.0 Å². The maximum Gasteiger partial charge on any atom is 0.341 e. The molecule has 0 aliphatic carbocycles. The molecule has 3 aromatic rings. The Morgan fingerprint density at radius 3 is 2.54 bits per heavy atom. The van der Waals surface area contributed by atoms with Crippen molar-refractivity contribution >= 4 is 49.8 Å². The van der Waals surface area contributed by atoms with Crippen LogP contribution in [0.25, 0.3) is 10.4 Å². The van der Waals surface area contributed by atoms with Crippen LogP contribution in [0.1, 0.15) is 42.1 Å². The summed E-state index contributed by atoms with van der Waals surface area (Å²) in [6.07, 6.45) is 3.15. The lowest BCUT2D eigenvalue weighted by Gasteiger charge is -2.34. The summed E-state index contributed by atoms with van der Waals surface area (Å²) >= 11 is 1.29. The van der Waals surface area contributed by atoms with Crippen LogP contribution in [0.15, 0.2) is 60.7 Å². The summed E-state index contributed by atoms with van der Waals surface area (Å²) in [7, 11) is -3.45. The van der Waals surface area contributed by atoms with Crippen molar-refractivity contribution in [3.8, 4) is 10.4 Å². The third-order valence-corrected chi connectivity index (χ3v) is 7.94. The molecule has 2 N–H and O–H groups in total. The number of anilines is 2. The van der Waals surface area contributed by atoms with Crippen molar-refractivity contribution in [2.75, 3.05) is 29.4 Å². The summed E-state index contributed by atoms with van der Waals surface area (Å²) in [5, 5.41) is 3.29. The number of hydrogen-bond donors (Lipinski definition) is 2. The highest BCUT2D eigenvalue weighted by Crippen LogP contribution is 2.36. The van der Waals surface area contributed by atoms with Crippen molar-refractivity contribution in [3.63, 3.8) is 0 Å². The Kier molecular flexibility index (Phi) is 9.03. The maximum atomic E-state index is 13.5. The molecule has 11 heteroatoms. The number of esters is 1. The summed E-state index contributed by atoms with van der Waals surface area (Å²) in [4.78, 5) is 41.9. The van der Waals surface area contributed by atoms with Gasteiger partial charge in [0, 0.05) is 17.1 Å². The van der Waals surface area contributed by atoms with Crippen LogP contribution in [0.2, 0.25) is 0 Å². The fraction of sp³-hybridized carbons (Fsp3) is 0.321. The number of carbonyl (C=O) groups is 3. The van der Waals surface area contributed by atoms with Gasteiger partial charge in [0.05, 0.1) is 24.8 Å². The monoisotopic (exact) mass is 569 g/mol. The molecule has 1 saturated heterocycles. The number of carbonyl (C=O) groups excluding carboxylic acids is 3. The second-order valence-electron chi connectivity index (χ2n) is 9.28. The molecule has 206 valence electrons. The lowest BCUT2D eigenvalue weighted by molar-refractivity contribution is -0.139.